The summed E-state index contributed by atoms with van der Waals surface area (Å²) in [7, 11) is 0. The van der Waals surface area contributed by atoms with Crippen molar-refractivity contribution in [1.29, 1.82) is 0 Å². The molecule has 0 aromatic heterocycles. The van der Waals surface area contributed by atoms with E-state index in [1.54, 1.807) is 54.6 Å². The SMILES string of the molecule is O=C(Nc1ccc(Cl)cc1)C(=Cc1ccc(Br)cc1)NC(=O)c1ccccc1. The van der Waals surface area contributed by atoms with Crippen molar-refractivity contribution < 1.29 is 9.59 Å². The molecule has 6 heteroatoms. The van der Waals surface area contributed by atoms with E-state index in [2.05, 4.69) is 26.6 Å². The second-order valence-electron chi connectivity index (χ2n) is 5.89. The predicted molar refractivity (Wildman–Crippen MR) is 116 cm³/mol. The smallest absolute Gasteiger partial charge is 0.272 e. The van der Waals surface area contributed by atoms with Crippen LogP contribution in [0.4, 0.5) is 5.69 Å². The molecular weight excluding hydrogens is 440 g/mol. The molecular formula is C22H16BrClN2O2. The monoisotopic (exact) mass is 454 g/mol. The highest BCUT2D eigenvalue weighted by molar-refractivity contribution is 9.10. The third-order valence-electron chi connectivity index (χ3n) is 3.81. The molecule has 2 N–H and O–H groups in total. The van der Waals surface area contributed by atoms with Crippen LogP contribution >= 0.6 is 27.5 Å². The minimum absolute atomic E-state index is 0.131. The average molecular weight is 456 g/mol. The number of halogens is 2. The number of rotatable bonds is 5. The quantitative estimate of drug-likeness (QED) is 0.498. The van der Waals surface area contributed by atoms with E-state index in [9.17, 15) is 9.59 Å². The van der Waals surface area contributed by atoms with Crippen LogP contribution in [-0.2, 0) is 4.79 Å². The fraction of sp³-hybridized carbons (Fsp3) is 0. The Labute approximate surface area is 176 Å². The molecule has 0 fully saturated rings. The summed E-state index contributed by atoms with van der Waals surface area (Å²) in [6.07, 6.45) is 1.62. The van der Waals surface area contributed by atoms with E-state index >= 15 is 0 Å². The maximum atomic E-state index is 12.8. The fourth-order valence-corrected chi connectivity index (χ4v) is 2.79. The molecule has 140 valence electrons. The van der Waals surface area contributed by atoms with Crippen molar-refractivity contribution in [3.05, 3.63) is 105 Å². The number of carbonyl (C=O) groups is 2. The van der Waals surface area contributed by atoms with Gasteiger partial charge >= 0.3 is 0 Å². The van der Waals surface area contributed by atoms with Crippen molar-refractivity contribution in [3.8, 4) is 0 Å². The zero-order chi connectivity index (χ0) is 19.9. The van der Waals surface area contributed by atoms with Gasteiger partial charge in [-0.25, -0.2) is 0 Å². The number of hydrogen-bond donors (Lipinski definition) is 2. The Morgan fingerprint density at radius 1 is 0.857 bits per heavy atom. The summed E-state index contributed by atoms with van der Waals surface area (Å²) >= 11 is 9.26. The zero-order valence-corrected chi connectivity index (χ0v) is 17.0. The molecule has 0 unspecified atom stereocenters. The van der Waals surface area contributed by atoms with Gasteiger partial charge in [0.05, 0.1) is 0 Å². The number of carbonyl (C=O) groups excluding carboxylic acids is 2. The van der Waals surface area contributed by atoms with Crippen molar-refractivity contribution >= 4 is 51.1 Å². The van der Waals surface area contributed by atoms with E-state index < -0.39 is 5.91 Å². The summed E-state index contributed by atoms with van der Waals surface area (Å²) in [5.74, 6) is -0.801. The Balaban J connectivity index is 1.86. The number of benzene rings is 3. The molecule has 0 aliphatic carbocycles. The summed E-state index contributed by atoms with van der Waals surface area (Å²) in [5, 5.41) is 6.04. The van der Waals surface area contributed by atoms with Crippen LogP contribution in [0.25, 0.3) is 6.08 Å². The molecule has 3 aromatic carbocycles. The summed E-state index contributed by atoms with van der Waals surface area (Å²) < 4.78 is 0.921. The molecule has 0 spiro atoms. The molecule has 4 nitrogen and oxygen atoms in total. The minimum atomic E-state index is -0.436. The predicted octanol–water partition coefficient (Wildman–Crippen LogP) is 5.51. The number of amides is 2. The molecule has 28 heavy (non-hydrogen) atoms. The Bertz CT molecular complexity index is 1000. The highest BCUT2D eigenvalue weighted by Crippen LogP contribution is 2.16. The Morgan fingerprint density at radius 3 is 2.14 bits per heavy atom. The fourth-order valence-electron chi connectivity index (χ4n) is 2.40. The first-order chi connectivity index (χ1) is 13.5. The van der Waals surface area contributed by atoms with E-state index in [0.717, 1.165) is 10.0 Å². The molecule has 0 bridgehead atoms. The van der Waals surface area contributed by atoms with Gasteiger partial charge in [-0.1, -0.05) is 57.9 Å². The Morgan fingerprint density at radius 2 is 1.50 bits per heavy atom. The summed E-state index contributed by atoms with van der Waals surface area (Å²) in [4.78, 5) is 25.3. The van der Waals surface area contributed by atoms with E-state index in [0.29, 0.717) is 16.3 Å². The van der Waals surface area contributed by atoms with E-state index in [4.69, 9.17) is 11.6 Å². The molecule has 0 aliphatic heterocycles. The minimum Gasteiger partial charge on any atom is -0.321 e. The first-order valence-corrected chi connectivity index (χ1v) is 9.59. The summed E-state index contributed by atoms with van der Waals surface area (Å²) in [5.41, 5.74) is 1.94. The van der Waals surface area contributed by atoms with E-state index in [1.807, 2.05) is 30.3 Å². The third-order valence-corrected chi connectivity index (χ3v) is 4.59. The highest BCUT2D eigenvalue weighted by atomic mass is 79.9. The molecule has 2 amide bonds. The first-order valence-electron chi connectivity index (χ1n) is 8.42. The second kappa shape index (κ2) is 9.35. The molecule has 0 atom stereocenters. The van der Waals surface area contributed by atoms with Gasteiger partial charge < -0.3 is 10.6 Å². The van der Waals surface area contributed by atoms with E-state index in [1.165, 1.54) is 0 Å². The van der Waals surface area contributed by atoms with Crippen molar-refractivity contribution in [1.82, 2.24) is 5.32 Å². The average Bonchev–Trinajstić information content (AvgIpc) is 2.71. The van der Waals surface area contributed by atoms with Gasteiger partial charge in [-0.15, -0.1) is 0 Å². The first kappa shape index (κ1) is 19.9. The molecule has 0 radical (unpaired) electrons. The van der Waals surface area contributed by atoms with Crippen molar-refractivity contribution in [3.63, 3.8) is 0 Å². The lowest BCUT2D eigenvalue weighted by Crippen LogP contribution is -2.30. The molecule has 3 aromatic rings. The van der Waals surface area contributed by atoms with Crippen LogP contribution < -0.4 is 10.6 Å². The van der Waals surface area contributed by atoms with Crippen LogP contribution in [0.2, 0.25) is 5.02 Å². The third kappa shape index (κ3) is 5.55. The van der Waals surface area contributed by atoms with Crippen molar-refractivity contribution in [2.24, 2.45) is 0 Å². The largest absolute Gasteiger partial charge is 0.321 e. The Hall–Kier alpha value is -2.89. The van der Waals surface area contributed by atoms with Crippen molar-refractivity contribution in [2.75, 3.05) is 5.32 Å². The molecule has 0 heterocycles. The molecule has 0 aliphatic rings. The van der Waals surface area contributed by atoms with Gasteiger partial charge in [0.1, 0.15) is 5.70 Å². The normalized spacial score (nSPS) is 11.0. The van der Waals surface area contributed by atoms with Gasteiger partial charge in [-0.3, -0.25) is 9.59 Å². The van der Waals surface area contributed by atoms with Gasteiger partial charge in [0.2, 0.25) is 0 Å². The number of hydrogen-bond acceptors (Lipinski definition) is 2. The van der Waals surface area contributed by atoms with Gasteiger partial charge in [0, 0.05) is 20.7 Å². The van der Waals surface area contributed by atoms with Gasteiger partial charge in [-0.05, 0) is 60.2 Å². The van der Waals surface area contributed by atoms with Gasteiger partial charge in [0.15, 0.2) is 0 Å². The lowest BCUT2D eigenvalue weighted by molar-refractivity contribution is -0.113. The van der Waals surface area contributed by atoms with Crippen LogP contribution in [0.3, 0.4) is 0 Å². The van der Waals surface area contributed by atoms with Crippen LogP contribution in [0.1, 0.15) is 15.9 Å². The zero-order valence-electron chi connectivity index (χ0n) is 14.7. The lowest BCUT2D eigenvalue weighted by atomic mass is 10.1. The maximum Gasteiger partial charge on any atom is 0.272 e. The topological polar surface area (TPSA) is 58.2 Å². The van der Waals surface area contributed by atoms with Crippen LogP contribution in [0, 0.1) is 0 Å². The number of nitrogens with one attached hydrogen (secondary N) is 2. The maximum absolute atomic E-state index is 12.8. The standard InChI is InChI=1S/C22H16BrClN2O2/c23-17-8-6-15(7-9-17)14-20(26-21(27)16-4-2-1-3-5-16)22(28)25-19-12-10-18(24)11-13-19/h1-14H,(H,25,28)(H,26,27). The van der Waals surface area contributed by atoms with Crippen LogP contribution in [0.15, 0.2) is 89.0 Å². The number of anilines is 1. The highest BCUT2D eigenvalue weighted by Gasteiger charge is 2.15. The van der Waals surface area contributed by atoms with E-state index in [-0.39, 0.29) is 11.6 Å². The molecule has 0 saturated carbocycles. The summed E-state index contributed by atoms with van der Waals surface area (Å²) in [6, 6.07) is 22.9. The van der Waals surface area contributed by atoms with Crippen LogP contribution in [-0.4, -0.2) is 11.8 Å². The van der Waals surface area contributed by atoms with Gasteiger partial charge in [-0.2, -0.15) is 0 Å². The van der Waals surface area contributed by atoms with Crippen LogP contribution in [0.5, 0.6) is 0 Å². The van der Waals surface area contributed by atoms with Crippen molar-refractivity contribution in [2.45, 2.75) is 0 Å². The molecule has 3 rings (SSSR count). The lowest BCUT2D eigenvalue weighted by Gasteiger charge is -2.11. The molecule has 0 saturated heterocycles. The Kier molecular flexibility index (Phi) is 6.63. The van der Waals surface area contributed by atoms with Gasteiger partial charge in [0.25, 0.3) is 11.8 Å². The summed E-state index contributed by atoms with van der Waals surface area (Å²) in [6.45, 7) is 0. The second-order valence-corrected chi connectivity index (χ2v) is 7.24.